The van der Waals surface area contributed by atoms with E-state index >= 15 is 4.39 Å². The topological polar surface area (TPSA) is 57.8 Å². The number of aromatic nitrogens is 2. The largest absolute Gasteiger partial charge is 0.337 e. The van der Waals surface area contributed by atoms with Crippen LogP contribution in [0.2, 0.25) is 10.0 Å². The summed E-state index contributed by atoms with van der Waals surface area (Å²) in [4.78, 5) is 12.1. The van der Waals surface area contributed by atoms with E-state index in [0.29, 0.717) is 38.8 Å². The maximum absolute atomic E-state index is 15.6. The van der Waals surface area contributed by atoms with Gasteiger partial charge in [0.25, 0.3) is 0 Å². The molecule has 196 valence electrons. The van der Waals surface area contributed by atoms with Gasteiger partial charge >= 0.3 is 0 Å². The van der Waals surface area contributed by atoms with E-state index in [1.807, 2.05) is 78.6 Å². The minimum absolute atomic E-state index is 0.317. The number of rotatable bonds is 3. The third kappa shape index (κ3) is 4.06. The molecule has 9 heteroatoms. The Kier molecular flexibility index (Phi) is 5.91. The first-order valence-electron chi connectivity index (χ1n) is 12.7. The average molecular weight is 567 g/mol. The molecule has 0 radical (unpaired) electrons. The van der Waals surface area contributed by atoms with Gasteiger partial charge in [0.2, 0.25) is 0 Å². The van der Waals surface area contributed by atoms with E-state index in [1.165, 1.54) is 6.07 Å². The molecule has 4 aromatic carbocycles. The number of aliphatic imine (C=N–C) groups is 2. The Morgan fingerprint density at radius 3 is 2.30 bits per heavy atom. The number of para-hydroxylation sites is 3. The first-order chi connectivity index (χ1) is 19.5. The lowest BCUT2D eigenvalue weighted by Gasteiger charge is -2.40. The van der Waals surface area contributed by atoms with Gasteiger partial charge < -0.3 is 10.2 Å². The number of fused-ring (bicyclic) bond motifs is 4. The third-order valence-electron chi connectivity index (χ3n) is 6.96. The molecule has 0 saturated carbocycles. The summed E-state index contributed by atoms with van der Waals surface area (Å²) >= 11 is 12.6. The molecule has 1 aromatic heterocycles. The van der Waals surface area contributed by atoms with Crippen LogP contribution in [0.4, 0.5) is 27.3 Å². The summed E-state index contributed by atoms with van der Waals surface area (Å²) in [6.07, 6.45) is 0. The molecule has 3 heterocycles. The van der Waals surface area contributed by atoms with Crippen LogP contribution in [-0.4, -0.2) is 21.5 Å². The Morgan fingerprint density at radius 1 is 0.825 bits per heavy atom. The second-order valence-electron chi connectivity index (χ2n) is 9.53. The highest BCUT2D eigenvalue weighted by Gasteiger charge is 2.42. The van der Waals surface area contributed by atoms with Crippen LogP contribution in [0.1, 0.15) is 22.9 Å². The van der Waals surface area contributed by atoms with Crippen LogP contribution in [0.15, 0.2) is 107 Å². The Bertz CT molecular complexity index is 1830. The number of anilines is 2. The molecule has 2 aliphatic rings. The summed E-state index contributed by atoms with van der Waals surface area (Å²) in [6, 6.07) is 29.0. The van der Waals surface area contributed by atoms with Gasteiger partial charge in [-0.1, -0.05) is 71.7 Å². The van der Waals surface area contributed by atoms with Crippen molar-refractivity contribution in [2.45, 2.75) is 13.0 Å². The van der Waals surface area contributed by atoms with Gasteiger partial charge in [-0.3, -0.25) is 0 Å². The number of amidine groups is 2. The van der Waals surface area contributed by atoms with Crippen LogP contribution < -0.4 is 10.2 Å². The van der Waals surface area contributed by atoms with Crippen molar-refractivity contribution in [3.8, 4) is 5.69 Å². The lowest BCUT2D eigenvalue weighted by atomic mass is 9.93. The van der Waals surface area contributed by atoms with Gasteiger partial charge in [0.05, 0.1) is 28.8 Å². The molecule has 0 aliphatic carbocycles. The number of halogens is 3. The van der Waals surface area contributed by atoms with E-state index in [0.717, 1.165) is 28.3 Å². The Balaban J connectivity index is 1.51. The van der Waals surface area contributed by atoms with Crippen LogP contribution >= 0.6 is 23.2 Å². The van der Waals surface area contributed by atoms with E-state index in [1.54, 1.807) is 28.9 Å². The van der Waals surface area contributed by atoms with Gasteiger partial charge in [-0.15, -0.1) is 0 Å². The van der Waals surface area contributed by atoms with Crippen LogP contribution in [0.3, 0.4) is 0 Å². The van der Waals surface area contributed by atoms with Crippen molar-refractivity contribution in [3.63, 3.8) is 0 Å². The molecule has 0 fully saturated rings. The number of nitrogens with zero attached hydrogens (tertiary/aromatic N) is 5. The maximum atomic E-state index is 15.6. The summed E-state index contributed by atoms with van der Waals surface area (Å²) in [5, 5.41) is 9.22. The quantitative estimate of drug-likeness (QED) is 0.238. The predicted octanol–water partition coefficient (Wildman–Crippen LogP) is 8.42. The summed E-state index contributed by atoms with van der Waals surface area (Å²) in [7, 11) is 0. The molecule has 0 amide bonds. The molecular formula is C31H21Cl2FN6. The van der Waals surface area contributed by atoms with Crippen molar-refractivity contribution in [2.75, 3.05) is 10.2 Å². The lowest BCUT2D eigenvalue weighted by Crippen LogP contribution is -2.46. The van der Waals surface area contributed by atoms with Crippen LogP contribution in [-0.2, 0) is 0 Å². The molecule has 0 bridgehead atoms. The summed E-state index contributed by atoms with van der Waals surface area (Å²) in [6.45, 7) is 1.93. The van der Waals surface area contributed by atoms with Crippen LogP contribution in [0.25, 0.3) is 5.69 Å². The molecule has 40 heavy (non-hydrogen) atoms. The Labute approximate surface area is 240 Å². The number of hydrogen-bond donors (Lipinski definition) is 1. The summed E-state index contributed by atoms with van der Waals surface area (Å²) in [5.41, 5.74) is 5.11. The van der Waals surface area contributed by atoms with Gasteiger partial charge in [-0.05, 0) is 55.5 Å². The van der Waals surface area contributed by atoms with Crippen LogP contribution in [0.5, 0.6) is 0 Å². The van der Waals surface area contributed by atoms with E-state index in [2.05, 4.69) is 5.32 Å². The fourth-order valence-electron chi connectivity index (χ4n) is 5.30. The minimum Gasteiger partial charge on any atom is -0.337 e. The van der Waals surface area contributed by atoms with E-state index in [-0.39, 0.29) is 5.82 Å². The molecule has 0 saturated heterocycles. The van der Waals surface area contributed by atoms with Crippen LogP contribution in [0, 0.1) is 12.7 Å². The highest BCUT2D eigenvalue weighted by Crippen LogP contribution is 2.48. The zero-order valence-corrected chi connectivity index (χ0v) is 22.7. The Hall–Kier alpha value is -4.46. The molecule has 7 rings (SSSR count). The maximum Gasteiger partial charge on any atom is 0.179 e. The second kappa shape index (κ2) is 9.62. The second-order valence-corrected chi connectivity index (χ2v) is 10.4. The number of hydrogen-bond acceptors (Lipinski definition) is 5. The first kappa shape index (κ1) is 24.6. The van der Waals surface area contributed by atoms with Crippen molar-refractivity contribution in [1.29, 1.82) is 0 Å². The summed E-state index contributed by atoms with van der Waals surface area (Å²) in [5.74, 6) is 1.29. The first-order valence-corrected chi connectivity index (χ1v) is 13.4. The normalized spacial score (nSPS) is 15.5. The van der Waals surface area contributed by atoms with Crippen molar-refractivity contribution in [2.24, 2.45) is 9.98 Å². The number of benzene rings is 4. The summed E-state index contributed by atoms with van der Waals surface area (Å²) < 4.78 is 17.4. The number of aryl methyl sites for hydroxylation is 1. The van der Waals surface area contributed by atoms with Gasteiger partial charge in [-0.25, -0.2) is 19.1 Å². The molecule has 0 spiro atoms. The monoisotopic (exact) mass is 566 g/mol. The van der Waals surface area contributed by atoms with E-state index in [4.69, 9.17) is 38.3 Å². The average Bonchev–Trinajstić information content (AvgIpc) is 3.28. The molecule has 1 atom stereocenters. The fraction of sp³-hybridized carbons (Fsp3) is 0.0645. The van der Waals surface area contributed by atoms with E-state index in [9.17, 15) is 0 Å². The van der Waals surface area contributed by atoms with Gasteiger partial charge in [0, 0.05) is 26.9 Å². The standard InChI is InChI=1S/C31H21Cl2FN6/c1-18-27-28(23-11-5-6-12-24(23)34)39-26-14-8-7-13-25(26)36-29(35-21-16-19(32)15-20(33)17-21)31(39)37-30(27)40(38-18)22-9-3-2-4-10-22/h2-17,28H,1H3,(H,35,36). The Morgan fingerprint density at radius 2 is 1.52 bits per heavy atom. The molecule has 1 unspecified atom stereocenters. The van der Waals surface area contributed by atoms with Crippen molar-refractivity contribution in [3.05, 3.63) is 130 Å². The van der Waals surface area contributed by atoms with Crippen molar-refractivity contribution >= 4 is 57.8 Å². The minimum atomic E-state index is -0.558. The van der Waals surface area contributed by atoms with Crippen molar-refractivity contribution in [1.82, 2.24) is 9.78 Å². The highest BCUT2D eigenvalue weighted by atomic mass is 35.5. The fourth-order valence-corrected chi connectivity index (χ4v) is 5.83. The SMILES string of the molecule is Cc1nn(-c2ccccc2)c2c1C(c1ccccc1F)N1C(=N2)C(Nc2cc(Cl)cc(Cl)c2)=Nc2ccccc21. The van der Waals surface area contributed by atoms with Gasteiger partial charge in [-0.2, -0.15) is 5.10 Å². The molecule has 2 aliphatic heterocycles. The van der Waals surface area contributed by atoms with Crippen molar-refractivity contribution < 1.29 is 4.39 Å². The molecule has 6 nitrogen and oxygen atoms in total. The highest BCUT2D eigenvalue weighted by molar-refractivity contribution is 6.52. The van der Waals surface area contributed by atoms with Gasteiger partial charge in [0.1, 0.15) is 5.82 Å². The number of nitrogens with one attached hydrogen (secondary N) is 1. The predicted molar refractivity (Wildman–Crippen MR) is 160 cm³/mol. The third-order valence-corrected chi connectivity index (χ3v) is 7.40. The molecule has 1 N–H and O–H groups in total. The lowest BCUT2D eigenvalue weighted by molar-refractivity contribution is 0.597. The smallest absolute Gasteiger partial charge is 0.179 e. The van der Waals surface area contributed by atoms with E-state index < -0.39 is 6.04 Å². The van der Waals surface area contributed by atoms with Gasteiger partial charge in [0.15, 0.2) is 17.5 Å². The zero-order chi connectivity index (χ0) is 27.4. The molecular weight excluding hydrogens is 546 g/mol. The zero-order valence-electron chi connectivity index (χ0n) is 21.2. The molecule has 5 aromatic rings.